The zero-order chi connectivity index (χ0) is 26.2. The Kier molecular flexibility index (Phi) is 7.70. The molecule has 6 nitrogen and oxygen atoms in total. The van der Waals surface area contributed by atoms with Crippen LogP contribution in [0.15, 0.2) is 64.9 Å². The van der Waals surface area contributed by atoms with Gasteiger partial charge in [-0.1, -0.05) is 23.7 Å². The highest BCUT2D eigenvalue weighted by atomic mass is 35.5. The van der Waals surface area contributed by atoms with Crippen LogP contribution in [-0.2, 0) is 21.2 Å². The van der Waals surface area contributed by atoms with Crippen molar-refractivity contribution in [2.45, 2.75) is 36.7 Å². The first kappa shape index (κ1) is 26.3. The molecule has 0 saturated carbocycles. The van der Waals surface area contributed by atoms with Gasteiger partial charge in [-0.3, -0.25) is 9.69 Å². The highest BCUT2D eigenvalue weighted by Gasteiger charge is 2.36. The van der Waals surface area contributed by atoms with Gasteiger partial charge in [-0.25, -0.2) is 12.8 Å². The number of piperazine rings is 1. The minimum atomic E-state index is -3.67. The summed E-state index contributed by atoms with van der Waals surface area (Å²) in [5.41, 5.74) is 2.07. The van der Waals surface area contributed by atoms with E-state index in [0.29, 0.717) is 31.1 Å². The van der Waals surface area contributed by atoms with Crippen LogP contribution in [0, 0.1) is 5.82 Å². The van der Waals surface area contributed by atoms with Crippen LogP contribution in [0.1, 0.15) is 35.4 Å². The molecule has 2 aromatic carbocycles. The zero-order valence-corrected chi connectivity index (χ0v) is 22.9. The van der Waals surface area contributed by atoms with Crippen molar-refractivity contribution in [3.05, 3.63) is 86.8 Å². The largest absolute Gasteiger partial charge is 0.340 e. The maximum absolute atomic E-state index is 14.1. The Labute approximate surface area is 226 Å². The molecule has 5 rings (SSSR count). The van der Waals surface area contributed by atoms with Gasteiger partial charge in [-0.05, 0) is 72.3 Å². The van der Waals surface area contributed by atoms with E-state index in [2.05, 4.69) is 16.3 Å². The number of hydrogen-bond donors (Lipinski definition) is 0. The van der Waals surface area contributed by atoms with Gasteiger partial charge in [0.05, 0.1) is 10.9 Å². The molecule has 0 aliphatic carbocycles. The highest BCUT2D eigenvalue weighted by molar-refractivity contribution is 7.89. The van der Waals surface area contributed by atoms with Crippen LogP contribution >= 0.6 is 22.9 Å². The molecule has 2 atom stereocenters. The third-order valence-electron chi connectivity index (χ3n) is 7.18. The molecule has 196 valence electrons. The van der Waals surface area contributed by atoms with Crippen LogP contribution in [0.4, 0.5) is 4.39 Å². The molecular formula is C27H29ClFN3O3S2. The van der Waals surface area contributed by atoms with Crippen LogP contribution in [-0.4, -0.2) is 67.2 Å². The molecule has 0 bridgehead atoms. The van der Waals surface area contributed by atoms with Crippen LogP contribution < -0.4 is 0 Å². The summed E-state index contributed by atoms with van der Waals surface area (Å²) in [7, 11) is -3.67. The van der Waals surface area contributed by atoms with Crippen LogP contribution in [0.5, 0.6) is 0 Å². The summed E-state index contributed by atoms with van der Waals surface area (Å²) in [6.45, 7) is 4.10. The van der Waals surface area contributed by atoms with E-state index in [1.807, 2.05) is 13.0 Å². The fourth-order valence-corrected chi connectivity index (χ4v) is 7.98. The second-order valence-electron chi connectivity index (χ2n) is 9.55. The first-order valence-corrected chi connectivity index (χ1v) is 15.0. The molecule has 2 aliphatic heterocycles. The van der Waals surface area contributed by atoms with Gasteiger partial charge in [0.1, 0.15) is 5.82 Å². The van der Waals surface area contributed by atoms with Crippen molar-refractivity contribution in [2.75, 3.05) is 32.7 Å². The average Bonchev–Trinajstić information content (AvgIpc) is 3.36. The van der Waals surface area contributed by atoms with Crippen molar-refractivity contribution >= 4 is 38.9 Å². The predicted octanol–water partition coefficient (Wildman–Crippen LogP) is 4.80. The maximum Gasteiger partial charge on any atom is 0.243 e. The van der Waals surface area contributed by atoms with E-state index in [1.165, 1.54) is 32.9 Å². The van der Waals surface area contributed by atoms with Crippen molar-refractivity contribution in [1.82, 2.24) is 14.1 Å². The normalized spacial score (nSPS) is 21.1. The number of rotatable bonds is 6. The minimum Gasteiger partial charge on any atom is -0.340 e. The lowest BCUT2D eigenvalue weighted by molar-refractivity contribution is -0.133. The Bertz CT molecular complexity index is 1380. The number of benzene rings is 2. The molecule has 1 amide bonds. The third-order valence-corrected chi connectivity index (χ3v) is 10.5. The Morgan fingerprint density at radius 3 is 2.62 bits per heavy atom. The molecule has 3 aromatic rings. The lowest BCUT2D eigenvalue weighted by Crippen LogP contribution is -2.55. The van der Waals surface area contributed by atoms with Gasteiger partial charge in [0, 0.05) is 55.1 Å². The fraction of sp³-hybridized carbons (Fsp3) is 0.370. The number of amides is 1. The number of carbonyl (C=O) groups excluding carboxylic acids is 1. The van der Waals surface area contributed by atoms with Crippen molar-refractivity contribution in [2.24, 2.45) is 0 Å². The quantitative estimate of drug-likeness (QED) is 0.434. The number of halogens is 2. The molecule has 1 aromatic heterocycles. The molecule has 1 fully saturated rings. The second-order valence-corrected chi connectivity index (χ2v) is 12.9. The SMILES string of the molecule is C[C@H]1CN(C(=O)CCN2CCc3sccc3[C@@H]2c2cccc(F)c2)CCN1S(=O)(=O)c1ccc(Cl)cc1. The van der Waals surface area contributed by atoms with E-state index in [-0.39, 0.29) is 35.2 Å². The van der Waals surface area contributed by atoms with Crippen LogP contribution in [0.25, 0.3) is 0 Å². The number of hydrogen-bond acceptors (Lipinski definition) is 5. The lowest BCUT2D eigenvalue weighted by atomic mass is 9.93. The summed E-state index contributed by atoms with van der Waals surface area (Å²) in [5, 5.41) is 2.55. The topological polar surface area (TPSA) is 60.9 Å². The van der Waals surface area contributed by atoms with E-state index in [1.54, 1.807) is 40.5 Å². The van der Waals surface area contributed by atoms with E-state index >= 15 is 0 Å². The second kappa shape index (κ2) is 10.8. The number of carbonyl (C=O) groups is 1. The number of sulfonamides is 1. The lowest BCUT2D eigenvalue weighted by Gasteiger charge is -2.40. The molecule has 0 spiro atoms. The van der Waals surface area contributed by atoms with Crippen molar-refractivity contribution < 1.29 is 17.6 Å². The van der Waals surface area contributed by atoms with Crippen molar-refractivity contribution in [1.29, 1.82) is 0 Å². The smallest absolute Gasteiger partial charge is 0.243 e. The molecule has 0 unspecified atom stereocenters. The van der Waals surface area contributed by atoms with Gasteiger partial charge in [-0.2, -0.15) is 4.31 Å². The standard InChI is InChI=1S/C27H29ClFN3O3S2/c1-19-18-31(14-15-32(19)37(34,35)23-7-5-21(28)6-8-23)26(33)10-13-30-12-9-25-24(11-16-36-25)27(30)20-3-2-4-22(29)17-20/h2-8,11,16-17,19,27H,9-10,12-15,18H2,1H3/t19-,27-/m0/s1. The van der Waals surface area contributed by atoms with Crippen molar-refractivity contribution in [3.63, 3.8) is 0 Å². The molecule has 3 heterocycles. The molecular weight excluding hydrogens is 533 g/mol. The van der Waals surface area contributed by atoms with E-state index in [9.17, 15) is 17.6 Å². The predicted molar refractivity (Wildman–Crippen MR) is 144 cm³/mol. The summed E-state index contributed by atoms with van der Waals surface area (Å²) in [5.74, 6) is -0.263. The van der Waals surface area contributed by atoms with Gasteiger partial charge < -0.3 is 4.90 Å². The molecule has 0 radical (unpaired) electrons. The molecule has 0 N–H and O–H groups in total. The summed E-state index contributed by atoms with van der Waals surface area (Å²) in [6.07, 6.45) is 1.23. The Hall–Kier alpha value is -2.30. The number of fused-ring (bicyclic) bond motifs is 1. The Balaban J connectivity index is 1.24. The summed E-state index contributed by atoms with van der Waals surface area (Å²) < 4.78 is 41.8. The van der Waals surface area contributed by atoms with Gasteiger partial charge in [0.25, 0.3) is 0 Å². The van der Waals surface area contributed by atoms with E-state index in [0.717, 1.165) is 18.5 Å². The average molecular weight is 562 g/mol. The minimum absolute atomic E-state index is 0.00417. The Morgan fingerprint density at radius 2 is 1.89 bits per heavy atom. The molecule has 1 saturated heterocycles. The summed E-state index contributed by atoms with van der Waals surface area (Å²) in [6, 6.07) is 14.5. The fourth-order valence-electron chi connectivity index (χ4n) is 5.34. The monoisotopic (exact) mass is 561 g/mol. The summed E-state index contributed by atoms with van der Waals surface area (Å²) in [4.78, 5) is 18.7. The van der Waals surface area contributed by atoms with E-state index < -0.39 is 10.0 Å². The first-order valence-electron chi connectivity index (χ1n) is 12.3. The molecule has 37 heavy (non-hydrogen) atoms. The Morgan fingerprint density at radius 1 is 1.11 bits per heavy atom. The van der Waals surface area contributed by atoms with Gasteiger partial charge in [0.15, 0.2) is 0 Å². The maximum atomic E-state index is 14.1. The summed E-state index contributed by atoms with van der Waals surface area (Å²) >= 11 is 7.64. The first-order chi connectivity index (χ1) is 17.7. The molecule has 2 aliphatic rings. The highest BCUT2D eigenvalue weighted by Crippen LogP contribution is 2.38. The third kappa shape index (κ3) is 5.47. The van der Waals surface area contributed by atoms with Gasteiger partial charge in [-0.15, -0.1) is 11.3 Å². The van der Waals surface area contributed by atoms with Crippen LogP contribution in [0.3, 0.4) is 0 Å². The van der Waals surface area contributed by atoms with Crippen molar-refractivity contribution in [3.8, 4) is 0 Å². The number of nitrogens with zero attached hydrogens (tertiary/aromatic N) is 3. The van der Waals surface area contributed by atoms with Gasteiger partial charge in [0.2, 0.25) is 15.9 Å². The zero-order valence-electron chi connectivity index (χ0n) is 20.5. The van der Waals surface area contributed by atoms with Gasteiger partial charge >= 0.3 is 0 Å². The number of thiophene rings is 1. The molecule has 10 heteroatoms. The van der Waals surface area contributed by atoms with Crippen LogP contribution in [0.2, 0.25) is 5.02 Å². The van der Waals surface area contributed by atoms with E-state index in [4.69, 9.17) is 11.6 Å².